The summed E-state index contributed by atoms with van der Waals surface area (Å²) in [6, 6.07) is 2.06. The number of hydrogen-bond donors (Lipinski definition) is 1. The molecule has 15 heavy (non-hydrogen) atoms. The molecule has 0 fully saturated rings. The highest BCUT2D eigenvalue weighted by Gasteiger charge is 2.10. The van der Waals surface area contributed by atoms with Crippen molar-refractivity contribution in [2.24, 2.45) is 0 Å². The van der Waals surface area contributed by atoms with Crippen LogP contribution in [0, 0.1) is 0 Å². The van der Waals surface area contributed by atoms with Crippen molar-refractivity contribution in [3.05, 3.63) is 23.9 Å². The van der Waals surface area contributed by atoms with Gasteiger partial charge in [0.2, 0.25) is 5.89 Å². The van der Waals surface area contributed by atoms with Gasteiger partial charge in [0.05, 0.1) is 6.54 Å². The van der Waals surface area contributed by atoms with Gasteiger partial charge >= 0.3 is 6.01 Å². The lowest BCUT2D eigenvalue weighted by Gasteiger charge is -1.96. The van der Waals surface area contributed by atoms with Crippen LogP contribution in [0.15, 0.2) is 21.3 Å². The third-order valence-electron chi connectivity index (χ3n) is 1.69. The Kier molecular flexibility index (Phi) is 2.86. The Bertz CT molecular complexity index is 412. The maximum atomic E-state index is 5.76. The summed E-state index contributed by atoms with van der Waals surface area (Å²) >= 11 is 5.76. The number of halogens is 1. The van der Waals surface area contributed by atoms with Gasteiger partial charge in [0.25, 0.3) is 0 Å². The van der Waals surface area contributed by atoms with Gasteiger partial charge in [0.1, 0.15) is 17.3 Å². The number of aromatic nitrogens is 3. The molecular formula is C8H9ClN4O2. The highest BCUT2D eigenvalue weighted by Crippen LogP contribution is 2.19. The molecule has 80 valence electrons. The van der Waals surface area contributed by atoms with Crippen LogP contribution in [0.4, 0.5) is 6.01 Å². The predicted molar refractivity (Wildman–Crippen MR) is 52.4 cm³/mol. The van der Waals surface area contributed by atoms with Crippen LogP contribution in [0.3, 0.4) is 0 Å². The Morgan fingerprint density at radius 3 is 3.00 bits per heavy atom. The SMILES string of the molecule is CC(Cl)c1nnc(NCc2ccon2)o1. The summed E-state index contributed by atoms with van der Waals surface area (Å²) in [5.41, 5.74) is 0.758. The molecule has 0 aromatic carbocycles. The average Bonchev–Trinajstić information content (AvgIpc) is 2.86. The summed E-state index contributed by atoms with van der Waals surface area (Å²) in [6.45, 7) is 2.23. The van der Waals surface area contributed by atoms with Crippen molar-refractivity contribution in [1.82, 2.24) is 15.4 Å². The van der Waals surface area contributed by atoms with Gasteiger partial charge in [0, 0.05) is 6.07 Å². The molecular weight excluding hydrogens is 220 g/mol. The summed E-state index contributed by atoms with van der Waals surface area (Å²) in [6.07, 6.45) is 1.50. The van der Waals surface area contributed by atoms with Crippen molar-refractivity contribution >= 4 is 17.6 Å². The van der Waals surface area contributed by atoms with Gasteiger partial charge in [0.15, 0.2) is 0 Å². The second-order valence-corrected chi connectivity index (χ2v) is 3.56. The van der Waals surface area contributed by atoms with Gasteiger partial charge in [-0.2, -0.15) is 0 Å². The molecule has 0 saturated heterocycles. The van der Waals surface area contributed by atoms with Crippen LogP contribution in [0.2, 0.25) is 0 Å². The number of nitrogens with one attached hydrogen (secondary N) is 1. The largest absolute Gasteiger partial charge is 0.406 e. The minimum atomic E-state index is -0.292. The third-order valence-corrected chi connectivity index (χ3v) is 1.88. The van der Waals surface area contributed by atoms with Crippen LogP contribution in [0.1, 0.15) is 23.9 Å². The summed E-state index contributed by atoms with van der Waals surface area (Å²) in [7, 11) is 0. The summed E-state index contributed by atoms with van der Waals surface area (Å²) in [5, 5.41) is 13.9. The number of hydrogen-bond acceptors (Lipinski definition) is 6. The fourth-order valence-electron chi connectivity index (χ4n) is 0.962. The first-order valence-corrected chi connectivity index (χ1v) is 4.80. The Labute approximate surface area is 90.6 Å². The lowest BCUT2D eigenvalue weighted by atomic mass is 10.4. The van der Waals surface area contributed by atoms with Gasteiger partial charge in [-0.1, -0.05) is 10.3 Å². The van der Waals surface area contributed by atoms with Gasteiger partial charge in [-0.3, -0.25) is 0 Å². The first kappa shape index (κ1) is 9.97. The van der Waals surface area contributed by atoms with Gasteiger partial charge in [-0.25, -0.2) is 0 Å². The Morgan fingerprint density at radius 2 is 2.40 bits per heavy atom. The molecule has 0 radical (unpaired) electrons. The first-order chi connectivity index (χ1) is 7.25. The van der Waals surface area contributed by atoms with Crippen LogP contribution in [0.5, 0.6) is 0 Å². The normalized spacial score (nSPS) is 12.7. The van der Waals surface area contributed by atoms with E-state index in [1.165, 1.54) is 6.26 Å². The molecule has 2 rings (SSSR count). The second-order valence-electron chi connectivity index (χ2n) is 2.91. The Hall–Kier alpha value is -1.56. The van der Waals surface area contributed by atoms with Crippen molar-refractivity contribution in [2.75, 3.05) is 5.32 Å². The van der Waals surface area contributed by atoms with E-state index in [1.54, 1.807) is 13.0 Å². The molecule has 0 saturated carbocycles. The molecule has 6 nitrogen and oxygen atoms in total. The maximum Gasteiger partial charge on any atom is 0.315 e. The zero-order valence-electron chi connectivity index (χ0n) is 7.98. The molecule has 0 aliphatic heterocycles. The lowest BCUT2D eigenvalue weighted by Crippen LogP contribution is -1.99. The van der Waals surface area contributed by atoms with E-state index in [0.717, 1.165) is 5.69 Å². The van der Waals surface area contributed by atoms with E-state index in [2.05, 4.69) is 25.2 Å². The van der Waals surface area contributed by atoms with Gasteiger partial charge < -0.3 is 14.3 Å². The maximum absolute atomic E-state index is 5.76. The molecule has 1 atom stereocenters. The number of alkyl halides is 1. The van der Waals surface area contributed by atoms with Crippen LogP contribution in [0.25, 0.3) is 0 Å². The fraction of sp³-hybridized carbons (Fsp3) is 0.375. The van der Waals surface area contributed by atoms with E-state index < -0.39 is 0 Å². The van der Waals surface area contributed by atoms with E-state index in [4.69, 9.17) is 16.0 Å². The lowest BCUT2D eigenvalue weighted by molar-refractivity contribution is 0.412. The summed E-state index contributed by atoms with van der Waals surface area (Å²) in [4.78, 5) is 0. The minimum Gasteiger partial charge on any atom is -0.406 e. The van der Waals surface area contributed by atoms with Crippen LogP contribution in [-0.4, -0.2) is 15.4 Å². The fourth-order valence-corrected chi connectivity index (χ4v) is 1.05. The Balaban J connectivity index is 1.94. The van der Waals surface area contributed by atoms with Gasteiger partial charge in [-0.05, 0) is 6.92 Å². The molecule has 0 amide bonds. The molecule has 2 heterocycles. The number of rotatable bonds is 4. The Morgan fingerprint density at radius 1 is 1.53 bits per heavy atom. The topological polar surface area (TPSA) is 77.0 Å². The molecule has 0 spiro atoms. The van der Waals surface area contributed by atoms with E-state index in [9.17, 15) is 0 Å². The quantitative estimate of drug-likeness (QED) is 0.807. The van der Waals surface area contributed by atoms with Crippen molar-refractivity contribution in [2.45, 2.75) is 18.8 Å². The van der Waals surface area contributed by atoms with Crippen LogP contribution in [-0.2, 0) is 6.54 Å². The highest BCUT2D eigenvalue weighted by molar-refractivity contribution is 6.20. The van der Waals surface area contributed by atoms with E-state index in [1.807, 2.05) is 0 Å². The van der Waals surface area contributed by atoms with Crippen molar-refractivity contribution in [3.8, 4) is 0 Å². The minimum absolute atomic E-state index is 0.292. The number of nitrogens with zero attached hydrogens (tertiary/aromatic N) is 3. The van der Waals surface area contributed by atoms with E-state index in [-0.39, 0.29) is 5.38 Å². The second kappa shape index (κ2) is 4.31. The monoisotopic (exact) mass is 228 g/mol. The average molecular weight is 229 g/mol. The molecule has 0 aliphatic rings. The molecule has 1 unspecified atom stereocenters. The summed E-state index contributed by atoms with van der Waals surface area (Å²) < 4.78 is 9.89. The van der Waals surface area contributed by atoms with Gasteiger partial charge in [-0.15, -0.1) is 16.7 Å². The standard InChI is InChI=1S/C8H9ClN4O2/c1-5(9)7-11-12-8(15-7)10-4-6-2-3-14-13-6/h2-3,5H,4H2,1H3,(H,10,12). The first-order valence-electron chi connectivity index (χ1n) is 4.36. The van der Waals surface area contributed by atoms with Crippen molar-refractivity contribution < 1.29 is 8.94 Å². The van der Waals surface area contributed by atoms with E-state index >= 15 is 0 Å². The van der Waals surface area contributed by atoms with Crippen LogP contribution < -0.4 is 5.32 Å². The predicted octanol–water partition coefficient (Wildman–Crippen LogP) is 1.97. The molecule has 0 aliphatic carbocycles. The molecule has 2 aromatic rings. The van der Waals surface area contributed by atoms with E-state index in [0.29, 0.717) is 18.5 Å². The summed E-state index contributed by atoms with van der Waals surface area (Å²) in [5.74, 6) is 0.388. The van der Waals surface area contributed by atoms with Crippen molar-refractivity contribution in [1.29, 1.82) is 0 Å². The van der Waals surface area contributed by atoms with Crippen molar-refractivity contribution in [3.63, 3.8) is 0 Å². The van der Waals surface area contributed by atoms with Crippen LogP contribution >= 0.6 is 11.6 Å². The highest BCUT2D eigenvalue weighted by atomic mass is 35.5. The molecule has 7 heteroatoms. The third kappa shape index (κ3) is 2.47. The smallest absolute Gasteiger partial charge is 0.315 e. The zero-order chi connectivity index (χ0) is 10.7. The zero-order valence-corrected chi connectivity index (χ0v) is 8.73. The number of anilines is 1. The molecule has 1 N–H and O–H groups in total. The molecule has 2 aromatic heterocycles. The molecule has 0 bridgehead atoms.